The van der Waals surface area contributed by atoms with Gasteiger partial charge in [-0.3, -0.25) is 0 Å². The third-order valence-corrected chi connectivity index (χ3v) is 1.29. The highest BCUT2D eigenvalue weighted by molar-refractivity contribution is 4.90. The summed E-state index contributed by atoms with van der Waals surface area (Å²) in [5, 5.41) is 0. The van der Waals surface area contributed by atoms with Crippen molar-refractivity contribution in [3.05, 3.63) is 30.5 Å². The largest absolute Gasteiger partial charge is 0.133 e. The second-order valence-corrected chi connectivity index (χ2v) is 2.26. The van der Waals surface area contributed by atoms with Gasteiger partial charge in [0.25, 0.3) is 0 Å². The molecule has 0 radical (unpaired) electrons. The van der Waals surface area contributed by atoms with Crippen LogP contribution in [-0.2, 0) is 0 Å². The van der Waals surface area contributed by atoms with Crippen LogP contribution in [0.4, 0.5) is 0 Å². The first kappa shape index (κ1) is 9.26. The average Bonchev–Trinajstić information content (AvgIpc) is 1.97. The standard InChI is InChI=1S/C10H16/c1-3-5-7-9-10-8-6-4-2/h5,9-10H,1,4,6-8H2,2H3. The number of allylic oxidation sites excluding steroid dienone is 3. The van der Waals surface area contributed by atoms with Crippen molar-refractivity contribution in [3.8, 4) is 0 Å². The maximum atomic E-state index is 3.48. The van der Waals surface area contributed by atoms with E-state index in [2.05, 4.69) is 31.4 Å². The Kier molecular flexibility index (Phi) is 7.65. The van der Waals surface area contributed by atoms with Crippen LogP contribution in [0.15, 0.2) is 30.5 Å². The summed E-state index contributed by atoms with van der Waals surface area (Å²) >= 11 is 0. The molecule has 0 aromatic rings. The van der Waals surface area contributed by atoms with Crippen molar-refractivity contribution in [1.29, 1.82) is 0 Å². The molecule has 0 bridgehead atoms. The van der Waals surface area contributed by atoms with Crippen LogP contribution >= 0.6 is 0 Å². The molecule has 0 unspecified atom stereocenters. The molecule has 0 aromatic heterocycles. The smallest absolute Gasteiger partial charge is 0.00932 e. The highest BCUT2D eigenvalue weighted by Crippen LogP contribution is 1.95. The van der Waals surface area contributed by atoms with Crippen LogP contribution in [0.2, 0.25) is 0 Å². The maximum absolute atomic E-state index is 3.48. The second-order valence-electron chi connectivity index (χ2n) is 2.26. The first-order valence-electron chi connectivity index (χ1n) is 3.91. The summed E-state index contributed by atoms with van der Waals surface area (Å²) in [7, 11) is 0. The van der Waals surface area contributed by atoms with Gasteiger partial charge in [0.1, 0.15) is 0 Å². The van der Waals surface area contributed by atoms with Crippen molar-refractivity contribution >= 4 is 0 Å². The van der Waals surface area contributed by atoms with Crippen LogP contribution < -0.4 is 0 Å². The zero-order valence-corrected chi connectivity index (χ0v) is 6.77. The lowest BCUT2D eigenvalue weighted by molar-refractivity contribution is 0.813. The number of rotatable bonds is 5. The van der Waals surface area contributed by atoms with E-state index < -0.39 is 0 Å². The summed E-state index contributed by atoms with van der Waals surface area (Å²) in [5.41, 5.74) is 2.73. The summed E-state index contributed by atoms with van der Waals surface area (Å²) in [6.07, 6.45) is 11.1. The quantitative estimate of drug-likeness (QED) is 0.308. The highest BCUT2D eigenvalue weighted by Gasteiger charge is 1.75. The van der Waals surface area contributed by atoms with Crippen molar-refractivity contribution in [3.63, 3.8) is 0 Å². The lowest BCUT2D eigenvalue weighted by Crippen LogP contribution is -1.65. The minimum atomic E-state index is 0.979. The fourth-order valence-corrected chi connectivity index (χ4v) is 0.687. The van der Waals surface area contributed by atoms with E-state index in [1.165, 1.54) is 19.3 Å². The van der Waals surface area contributed by atoms with Gasteiger partial charge >= 0.3 is 0 Å². The summed E-state index contributed by atoms with van der Waals surface area (Å²) in [5.74, 6) is 0. The van der Waals surface area contributed by atoms with E-state index in [9.17, 15) is 0 Å². The Bertz CT molecular complexity index is 125. The van der Waals surface area contributed by atoms with E-state index in [0.717, 1.165) is 6.42 Å². The van der Waals surface area contributed by atoms with Crippen molar-refractivity contribution in [2.24, 2.45) is 0 Å². The van der Waals surface area contributed by atoms with E-state index in [1.54, 1.807) is 0 Å². The minimum absolute atomic E-state index is 0.979. The molecule has 0 aliphatic carbocycles. The van der Waals surface area contributed by atoms with Crippen LogP contribution in [0, 0.1) is 0 Å². The molecular weight excluding hydrogens is 120 g/mol. The normalized spacial score (nSPS) is 9.70. The van der Waals surface area contributed by atoms with E-state index in [1.807, 2.05) is 6.08 Å². The Morgan fingerprint density at radius 3 is 2.80 bits per heavy atom. The first-order valence-corrected chi connectivity index (χ1v) is 3.91. The SMILES string of the molecule is C=C=CCC=CCCCC. The fraction of sp³-hybridized carbons (Fsp3) is 0.500. The number of unbranched alkanes of at least 4 members (excludes halogenated alkanes) is 2. The van der Waals surface area contributed by atoms with Gasteiger partial charge < -0.3 is 0 Å². The van der Waals surface area contributed by atoms with Gasteiger partial charge in [0.05, 0.1) is 0 Å². The average molecular weight is 136 g/mol. The molecule has 0 aliphatic rings. The molecule has 0 amide bonds. The lowest BCUT2D eigenvalue weighted by atomic mass is 10.2. The molecule has 0 saturated carbocycles. The molecule has 10 heavy (non-hydrogen) atoms. The Morgan fingerprint density at radius 2 is 2.20 bits per heavy atom. The van der Waals surface area contributed by atoms with Gasteiger partial charge in [0, 0.05) is 0 Å². The molecule has 0 heterocycles. The molecule has 0 rings (SSSR count). The van der Waals surface area contributed by atoms with Gasteiger partial charge in [0.2, 0.25) is 0 Å². The zero-order valence-electron chi connectivity index (χ0n) is 6.77. The van der Waals surface area contributed by atoms with Crippen molar-refractivity contribution in [2.75, 3.05) is 0 Å². The Hall–Kier alpha value is -0.740. The Labute approximate surface area is 64.0 Å². The molecule has 0 nitrogen and oxygen atoms in total. The summed E-state index contributed by atoms with van der Waals surface area (Å²) < 4.78 is 0. The third-order valence-electron chi connectivity index (χ3n) is 1.29. The highest BCUT2D eigenvalue weighted by atomic mass is 13.8. The molecule has 0 atom stereocenters. The van der Waals surface area contributed by atoms with Crippen LogP contribution in [-0.4, -0.2) is 0 Å². The molecular formula is C10H16. The molecule has 0 N–H and O–H groups in total. The molecule has 0 fully saturated rings. The van der Waals surface area contributed by atoms with Gasteiger partial charge in [-0.2, -0.15) is 0 Å². The molecule has 0 spiro atoms. The minimum Gasteiger partial charge on any atom is -0.133 e. The fourth-order valence-electron chi connectivity index (χ4n) is 0.687. The van der Waals surface area contributed by atoms with Crippen LogP contribution in [0.25, 0.3) is 0 Å². The molecule has 0 aromatic carbocycles. The van der Waals surface area contributed by atoms with Gasteiger partial charge in [-0.1, -0.05) is 38.5 Å². The van der Waals surface area contributed by atoms with Gasteiger partial charge in [-0.15, -0.1) is 5.73 Å². The van der Waals surface area contributed by atoms with E-state index in [0.29, 0.717) is 0 Å². The molecule has 0 heteroatoms. The van der Waals surface area contributed by atoms with E-state index >= 15 is 0 Å². The zero-order chi connectivity index (χ0) is 7.66. The van der Waals surface area contributed by atoms with E-state index in [4.69, 9.17) is 0 Å². The molecule has 0 saturated heterocycles. The maximum Gasteiger partial charge on any atom is -0.00932 e. The van der Waals surface area contributed by atoms with Crippen molar-refractivity contribution < 1.29 is 0 Å². The Morgan fingerprint density at radius 1 is 1.40 bits per heavy atom. The van der Waals surface area contributed by atoms with E-state index in [-0.39, 0.29) is 0 Å². The van der Waals surface area contributed by atoms with Gasteiger partial charge in [-0.25, -0.2) is 0 Å². The van der Waals surface area contributed by atoms with Crippen LogP contribution in [0.3, 0.4) is 0 Å². The summed E-state index contributed by atoms with van der Waals surface area (Å²) in [6, 6.07) is 0. The van der Waals surface area contributed by atoms with Crippen molar-refractivity contribution in [1.82, 2.24) is 0 Å². The van der Waals surface area contributed by atoms with Crippen LogP contribution in [0.1, 0.15) is 32.6 Å². The topological polar surface area (TPSA) is 0 Å². The van der Waals surface area contributed by atoms with Gasteiger partial charge in [0.15, 0.2) is 0 Å². The Balaban J connectivity index is 3.11. The predicted molar refractivity (Wildman–Crippen MR) is 47.0 cm³/mol. The predicted octanol–water partition coefficient (Wildman–Crippen LogP) is 3.46. The molecule has 56 valence electrons. The van der Waals surface area contributed by atoms with Crippen molar-refractivity contribution in [2.45, 2.75) is 32.6 Å². The molecule has 0 aliphatic heterocycles. The van der Waals surface area contributed by atoms with Crippen LogP contribution in [0.5, 0.6) is 0 Å². The first-order chi connectivity index (χ1) is 4.91. The monoisotopic (exact) mass is 136 g/mol. The van der Waals surface area contributed by atoms with Gasteiger partial charge in [-0.05, 0) is 18.9 Å². The third kappa shape index (κ3) is 7.26. The second kappa shape index (κ2) is 8.26. The lowest BCUT2D eigenvalue weighted by Gasteiger charge is -1.85. The summed E-state index contributed by atoms with van der Waals surface area (Å²) in [4.78, 5) is 0. The number of hydrogen-bond donors (Lipinski definition) is 0. The summed E-state index contributed by atoms with van der Waals surface area (Å²) in [6.45, 7) is 5.69. The number of hydrogen-bond acceptors (Lipinski definition) is 0.